The molecule has 0 spiro atoms. The van der Waals surface area contributed by atoms with E-state index >= 15 is 0 Å². The van der Waals surface area contributed by atoms with E-state index in [2.05, 4.69) is 0 Å². The molecule has 1 heterocycles. The van der Waals surface area contributed by atoms with E-state index in [1.165, 1.54) is 4.90 Å². The van der Waals surface area contributed by atoms with Crippen LogP contribution in [0.25, 0.3) is 0 Å². The van der Waals surface area contributed by atoms with Gasteiger partial charge in [0, 0.05) is 26.2 Å². The molecule has 18 heavy (non-hydrogen) atoms. The van der Waals surface area contributed by atoms with E-state index in [0.717, 1.165) is 6.42 Å². The van der Waals surface area contributed by atoms with Crippen molar-refractivity contribution in [2.24, 2.45) is 5.73 Å². The van der Waals surface area contributed by atoms with Crippen LogP contribution in [0.1, 0.15) is 19.3 Å². The lowest BCUT2D eigenvalue weighted by Gasteiger charge is -2.43. The third-order valence-electron chi connectivity index (χ3n) is 3.73. The van der Waals surface area contributed by atoms with Crippen molar-refractivity contribution in [1.82, 2.24) is 9.80 Å². The molecule has 7 heteroatoms. The molecule has 2 fully saturated rings. The molecular weight excluding hydrogens is 247 g/mol. The van der Waals surface area contributed by atoms with Gasteiger partial charge in [0.25, 0.3) is 0 Å². The molecule has 0 bridgehead atoms. The quantitative estimate of drug-likeness (QED) is 0.794. The average Bonchev–Trinajstić information content (AvgIpc) is 2.24. The van der Waals surface area contributed by atoms with E-state index in [4.69, 9.17) is 5.73 Å². The van der Waals surface area contributed by atoms with Gasteiger partial charge in [-0.25, -0.2) is 0 Å². The Balaban J connectivity index is 1.81. The van der Waals surface area contributed by atoms with Crippen molar-refractivity contribution in [2.45, 2.75) is 31.0 Å². The van der Waals surface area contributed by atoms with Gasteiger partial charge in [0.15, 0.2) is 0 Å². The van der Waals surface area contributed by atoms with Crippen LogP contribution in [0, 0.1) is 0 Å². The van der Waals surface area contributed by atoms with Crippen molar-refractivity contribution in [3.8, 4) is 0 Å². The molecular formula is C11H18F3N3O. The highest BCUT2D eigenvalue weighted by Crippen LogP contribution is 2.31. The fourth-order valence-corrected chi connectivity index (χ4v) is 2.45. The number of carbonyl (C=O) groups excluding carboxylic acids is 1. The van der Waals surface area contributed by atoms with E-state index in [0.29, 0.717) is 25.9 Å². The summed E-state index contributed by atoms with van der Waals surface area (Å²) in [6, 6.07) is 0. The van der Waals surface area contributed by atoms with Gasteiger partial charge < -0.3 is 10.6 Å². The highest BCUT2D eigenvalue weighted by Gasteiger charge is 2.43. The van der Waals surface area contributed by atoms with Gasteiger partial charge in [-0.1, -0.05) is 0 Å². The Labute approximate surface area is 104 Å². The Kier molecular flexibility index (Phi) is 3.55. The van der Waals surface area contributed by atoms with Gasteiger partial charge in [-0.3, -0.25) is 9.69 Å². The summed E-state index contributed by atoms with van der Waals surface area (Å²) in [5.41, 5.74) is 5.18. The Morgan fingerprint density at radius 1 is 1.17 bits per heavy atom. The van der Waals surface area contributed by atoms with Crippen LogP contribution in [-0.4, -0.2) is 60.1 Å². The maximum Gasteiger partial charge on any atom is 0.401 e. The SMILES string of the molecule is NC1(C(=O)N2CCN(CC(F)(F)F)CC2)CCC1. The zero-order chi connectivity index (χ0) is 13.4. The lowest BCUT2D eigenvalue weighted by atomic mass is 9.76. The van der Waals surface area contributed by atoms with Crippen molar-refractivity contribution < 1.29 is 18.0 Å². The summed E-state index contributed by atoms with van der Waals surface area (Å²) in [6.07, 6.45) is -1.84. The summed E-state index contributed by atoms with van der Waals surface area (Å²) in [6.45, 7) is 0.313. The van der Waals surface area contributed by atoms with Crippen molar-refractivity contribution in [1.29, 1.82) is 0 Å². The smallest absolute Gasteiger partial charge is 0.339 e. The van der Waals surface area contributed by atoms with Crippen LogP contribution in [0.3, 0.4) is 0 Å². The Morgan fingerprint density at radius 3 is 2.11 bits per heavy atom. The van der Waals surface area contributed by atoms with Crippen LogP contribution >= 0.6 is 0 Å². The summed E-state index contributed by atoms with van der Waals surface area (Å²) in [5, 5.41) is 0. The van der Waals surface area contributed by atoms with Gasteiger partial charge in [-0.15, -0.1) is 0 Å². The molecule has 0 radical (unpaired) electrons. The van der Waals surface area contributed by atoms with E-state index in [1.807, 2.05) is 0 Å². The van der Waals surface area contributed by atoms with E-state index in [-0.39, 0.29) is 19.0 Å². The number of halogens is 3. The maximum atomic E-state index is 12.2. The molecule has 0 atom stereocenters. The number of rotatable bonds is 2. The molecule has 104 valence electrons. The van der Waals surface area contributed by atoms with Crippen molar-refractivity contribution in [3.05, 3.63) is 0 Å². The lowest BCUT2D eigenvalue weighted by molar-refractivity contribution is -0.154. The Morgan fingerprint density at radius 2 is 1.72 bits per heavy atom. The third-order valence-corrected chi connectivity index (χ3v) is 3.73. The highest BCUT2D eigenvalue weighted by molar-refractivity contribution is 5.87. The summed E-state index contributed by atoms with van der Waals surface area (Å²) in [5.74, 6) is -0.0968. The number of amides is 1. The topological polar surface area (TPSA) is 49.6 Å². The van der Waals surface area contributed by atoms with Gasteiger partial charge in [-0.2, -0.15) is 13.2 Å². The van der Waals surface area contributed by atoms with Crippen molar-refractivity contribution in [2.75, 3.05) is 32.7 Å². The van der Waals surface area contributed by atoms with Crippen molar-refractivity contribution in [3.63, 3.8) is 0 Å². The largest absolute Gasteiger partial charge is 0.401 e. The fourth-order valence-electron chi connectivity index (χ4n) is 2.45. The standard InChI is InChI=1S/C11H18F3N3O/c12-11(13,14)8-16-4-6-17(7-5-16)9(18)10(15)2-1-3-10/h1-8,15H2. The molecule has 4 nitrogen and oxygen atoms in total. The molecule has 1 aliphatic carbocycles. The molecule has 0 aromatic heterocycles. The minimum Gasteiger partial charge on any atom is -0.339 e. The molecule has 0 aromatic rings. The summed E-state index contributed by atoms with van der Waals surface area (Å²) in [4.78, 5) is 15.0. The second-order valence-corrected chi connectivity index (χ2v) is 5.19. The molecule has 1 saturated heterocycles. The molecule has 0 aromatic carbocycles. The number of piperazine rings is 1. The average molecular weight is 265 g/mol. The maximum absolute atomic E-state index is 12.2. The molecule has 1 amide bonds. The first-order valence-corrected chi connectivity index (χ1v) is 6.18. The molecule has 1 saturated carbocycles. The summed E-state index contributed by atoms with van der Waals surface area (Å²) < 4.78 is 36.6. The molecule has 2 aliphatic rings. The van der Waals surface area contributed by atoms with E-state index < -0.39 is 18.3 Å². The number of nitrogens with two attached hydrogens (primary N) is 1. The van der Waals surface area contributed by atoms with Crippen LogP contribution in [-0.2, 0) is 4.79 Å². The Bertz CT molecular complexity index is 320. The molecule has 2 N–H and O–H groups in total. The van der Waals surface area contributed by atoms with Crippen LogP contribution in [0.15, 0.2) is 0 Å². The van der Waals surface area contributed by atoms with E-state index in [9.17, 15) is 18.0 Å². The van der Waals surface area contributed by atoms with Crippen LogP contribution in [0.2, 0.25) is 0 Å². The van der Waals surface area contributed by atoms with Gasteiger partial charge in [0.05, 0.1) is 12.1 Å². The van der Waals surface area contributed by atoms with Crippen molar-refractivity contribution >= 4 is 5.91 Å². The summed E-state index contributed by atoms with van der Waals surface area (Å²) >= 11 is 0. The number of hydrogen-bond donors (Lipinski definition) is 1. The van der Waals surface area contributed by atoms with Crippen LogP contribution in [0.4, 0.5) is 13.2 Å². The van der Waals surface area contributed by atoms with Gasteiger partial charge in [-0.05, 0) is 19.3 Å². The minimum atomic E-state index is -4.17. The molecule has 2 rings (SSSR count). The monoisotopic (exact) mass is 265 g/mol. The second kappa shape index (κ2) is 4.70. The first kappa shape index (κ1) is 13.6. The molecule has 0 unspecified atom stereocenters. The number of nitrogens with zero attached hydrogens (tertiary/aromatic N) is 2. The van der Waals surface area contributed by atoms with Crippen LogP contribution in [0.5, 0.6) is 0 Å². The number of hydrogen-bond acceptors (Lipinski definition) is 3. The first-order valence-electron chi connectivity index (χ1n) is 6.18. The number of carbonyl (C=O) groups is 1. The van der Waals surface area contributed by atoms with Gasteiger partial charge in [0.2, 0.25) is 5.91 Å². The highest BCUT2D eigenvalue weighted by atomic mass is 19.4. The third kappa shape index (κ3) is 2.95. The minimum absolute atomic E-state index is 0.0968. The van der Waals surface area contributed by atoms with Crippen LogP contribution < -0.4 is 5.73 Å². The second-order valence-electron chi connectivity index (χ2n) is 5.19. The lowest BCUT2D eigenvalue weighted by Crippen LogP contribution is -2.62. The van der Waals surface area contributed by atoms with Gasteiger partial charge >= 0.3 is 6.18 Å². The normalized spacial score (nSPS) is 24.8. The zero-order valence-corrected chi connectivity index (χ0v) is 10.2. The predicted molar refractivity (Wildman–Crippen MR) is 59.8 cm³/mol. The van der Waals surface area contributed by atoms with Gasteiger partial charge in [0.1, 0.15) is 0 Å². The first-order chi connectivity index (χ1) is 8.30. The Hall–Kier alpha value is -0.820. The van der Waals surface area contributed by atoms with E-state index in [1.54, 1.807) is 4.90 Å². The fraction of sp³-hybridized carbons (Fsp3) is 0.909. The number of alkyl halides is 3. The summed E-state index contributed by atoms with van der Waals surface area (Å²) in [7, 11) is 0. The predicted octanol–water partition coefficient (Wildman–Crippen LogP) is 0.574. The zero-order valence-electron chi connectivity index (χ0n) is 10.2. The molecule has 1 aliphatic heterocycles.